The predicted molar refractivity (Wildman–Crippen MR) is 57.0 cm³/mol. The lowest BCUT2D eigenvalue weighted by Crippen LogP contribution is -2.23. The number of hydrogen-bond donors (Lipinski definition) is 1. The first kappa shape index (κ1) is 9.15. The van der Waals surface area contributed by atoms with Gasteiger partial charge in [0.25, 0.3) is 0 Å². The van der Waals surface area contributed by atoms with Crippen LogP contribution in [-0.4, -0.2) is 5.11 Å². The molecule has 1 heteroatoms. The van der Waals surface area contributed by atoms with Gasteiger partial charge in [0.1, 0.15) is 5.75 Å². The molecular weight excluding hydrogens is 172 g/mol. The minimum Gasteiger partial charge on any atom is -0.508 e. The van der Waals surface area contributed by atoms with Gasteiger partial charge >= 0.3 is 0 Å². The van der Waals surface area contributed by atoms with Crippen molar-refractivity contribution < 1.29 is 5.11 Å². The van der Waals surface area contributed by atoms with E-state index in [1.807, 2.05) is 12.1 Å². The first-order valence-corrected chi connectivity index (χ1v) is 5.03. The van der Waals surface area contributed by atoms with Gasteiger partial charge in [-0.15, -0.1) is 12.3 Å². The Balaban J connectivity index is 2.09. The molecule has 14 heavy (non-hydrogen) atoms. The maximum Gasteiger partial charge on any atom is 0.115 e. The van der Waals surface area contributed by atoms with Crippen LogP contribution in [0.1, 0.15) is 30.7 Å². The normalized spacial score (nSPS) is 25.1. The van der Waals surface area contributed by atoms with Crippen molar-refractivity contribution in [3.05, 3.63) is 29.8 Å². The second-order valence-corrected chi connectivity index (χ2v) is 3.94. The molecule has 0 heterocycles. The zero-order valence-corrected chi connectivity index (χ0v) is 8.11. The summed E-state index contributed by atoms with van der Waals surface area (Å²) in [7, 11) is 0. The molecule has 2 unspecified atom stereocenters. The number of phenolic OH excluding ortho intramolecular Hbond substituents is 1. The number of phenols is 1. The largest absolute Gasteiger partial charge is 0.508 e. The van der Waals surface area contributed by atoms with E-state index in [-0.39, 0.29) is 0 Å². The number of hydrogen-bond acceptors (Lipinski definition) is 1. The summed E-state index contributed by atoms with van der Waals surface area (Å²) >= 11 is 0. The van der Waals surface area contributed by atoms with E-state index in [9.17, 15) is 0 Å². The third-order valence-electron chi connectivity index (χ3n) is 3.12. The van der Waals surface area contributed by atoms with Gasteiger partial charge in [0, 0.05) is 6.42 Å². The van der Waals surface area contributed by atoms with Crippen LogP contribution in [0.2, 0.25) is 0 Å². The molecule has 1 nitrogen and oxygen atoms in total. The van der Waals surface area contributed by atoms with Crippen LogP contribution in [0.25, 0.3) is 0 Å². The van der Waals surface area contributed by atoms with Gasteiger partial charge in [-0.2, -0.15) is 0 Å². The van der Waals surface area contributed by atoms with Crippen LogP contribution in [0.4, 0.5) is 0 Å². The lowest BCUT2D eigenvalue weighted by Gasteiger charge is -2.36. The minimum atomic E-state index is 0.335. The van der Waals surface area contributed by atoms with Gasteiger partial charge in [-0.05, 0) is 42.4 Å². The van der Waals surface area contributed by atoms with Gasteiger partial charge in [0.05, 0.1) is 0 Å². The SMILES string of the molecule is C#CCC1CCC1c1ccc(O)cc1. The molecular formula is C13H14O. The Hall–Kier alpha value is -1.42. The maximum atomic E-state index is 9.17. The molecule has 0 aliphatic heterocycles. The standard InChI is InChI=1S/C13H14O/c1-2-3-10-6-9-13(10)11-4-7-12(14)8-5-11/h1,4-5,7-8,10,13-14H,3,6,9H2. The zero-order chi connectivity index (χ0) is 9.97. The van der Waals surface area contributed by atoms with E-state index in [1.165, 1.54) is 18.4 Å². The van der Waals surface area contributed by atoms with E-state index < -0.39 is 0 Å². The van der Waals surface area contributed by atoms with Gasteiger partial charge in [0.15, 0.2) is 0 Å². The van der Waals surface area contributed by atoms with E-state index in [0.717, 1.165) is 6.42 Å². The summed E-state index contributed by atoms with van der Waals surface area (Å²) in [5.74, 6) is 4.34. The molecule has 0 aromatic heterocycles. The lowest BCUT2D eigenvalue weighted by molar-refractivity contribution is 0.261. The van der Waals surface area contributed by atoms with Gasteiger partial charge in [-0.3, -0.25) is 0 Å². The molecule has 1 aliphatic carbocycles. The zero-order valence-electron chi connectivity index (χ0n) is 8.11. The van der Waals surface area contributed by atoms with Crippen molar-refractivity contribution in [2.45, 2.75) is 25.2 Å². The summed E-state index contributed by atoms with van der Waals surface area (Å²) in [5.41, 5.74) is 1.31. The van der Waals surface area contributed by atoms with Crippen LogP contribution in [0, 0.1) is 18.3 Å². The third kappa shape index (κ3) is 1.61. The van der Waals surface area contributed by atoms with Crippen molar-refractivity contribution in [2.75, 3.05) is 0 Å². The van der Waals surface area contributed by atoms with Crippen molar-refractivity contribution in [3.8, 4) is 18.1 Å². The second-order valence-electron chi connectivity index (χ2n) is 3.94. The monoisotopic (exact) mass is 186 g/mol. The highest BCUT2D eigenvalue weighted by Gasteiger charge is 2.30. The number of terminal acetylenes is 1. The molecule has 1 saturated carbocycles. The van der Waals surface area contributed by atoms with Crippen LogP contribution in [0.5, 0.6) is 5.75 Å². The highest BCUT2D eigenvalue weighted by molar-refractivity contribution is 5.30. The average Bonchev–Trinajstić information content (AvgIpc) is 2.16. The molecule has 2 rings (SSSR count). The van der Waals surface area contributed by atoms with Gasteiger partial charge in [-0.25, -0.2) is 0 Å². The fraction of sp³-hybridized carbons (Fsp3) is 0.385. The fourth-order valence-corrected chi connectivity index (χ4v) is 2.13. The summed E-state index contributed by atoms with van der Waals surface area (Å²) in [6, 6.07) is 7.51. The molecule has 0 radical (unpaired) electrons. The van der Waals surface area contributed by atoms with Crippen LogP contribution < -0.4 is 0 Å². The quantitative estimate of drug-likeness (QED) is 0.704. The summed E-state index contributed by atoms with van der Waals surface area (Å²) in [6.45, 7) is 0. The Morgan fingerprint density at radius 3 is 2.50 bits per heavy atom. The topological polar surface area (TPSA) is 20.2 Å². The number of aromatic hydroxyl groups is 1. The van der Waals surface area contributed by atoms with Gasteiger partial charge in [0.2, 0.25) is 0 Å². The van der Waals surface area contributed by atoms with Crippen molar-refractivity contribution >= 4 is 0 Å². The second kappa shape index (κ2) is 3.75. The third-order valence-corrected chi connectivity index (χ3v) is 3.12. The summed E-state index contributed by atoms with van der Waals surface area (Å²) in [5, 5.41) is 9.17. The van der Waals surface area contributed by atoms with E-state index in [2.05, 4.69) is 5.92 Å². The smallest absolute Gasteiger partial charge is 0.115 e. The Morgan fingerprint density at radius 1 is 1.29 bits per heavy atom. The molecule has 0 saturated heterocycles. The lowest BCUT2D eigenvalue weighted by atomic mass is 9.69. The average molecular weight is 186 g/mol. The molecule has 1 fully saturated rings. The van der Waals surface area contributed by atoms with Crippen LogP contribution >= 0.6 is 0 Å². The van der Waals surface area contributed by atoms with Crippen LogP contribution in [-0.2, 0) is 0 Å². The highest BCUT2D eigenvalue weighted by atomic mass is 16.3. The molecule has 0 amide bonds. The first-order valence-electron chi connectivity index (χ1n) is 5.03. The molecule has 1 aliphatic rings. The predicted octanol–water partition coefficient (Wildman–Crippen LogP) is 2.91. The molecule has 0 spiro atoms. The molecule has 0 bridgehead atoms. The van der Waals surface area contributed by atoms with Crippen molar-refractivity contribution in [1.82, 2.24) is 0 Å². The highest BCUT2D eigenvalue weighted by Crippen LogP contribution is 2.44. The Morgan fingerprint density at radius 2 is 2.00 bits per heavy atom. The summed E-state index contributed by atoms with van der Waals surface area (Å²) in [6.07, 6.45) is 8.67. The summed E-state index contributed by atoms with van der Waals surface area (Å²) in [4.78, 5) is 0. The Kier molecular flexibility index (Phi) is 2.45. The van der Waals surface area contributed by atoms with Crippen molar-refractivity contribution in [1.29, 1.82) is 0 Å². The van der Waals surface area contributed by atoms with Crippen molar-refractivity contribution in [3.63, 3.8) is 0 Å². The fourth-order valence-electron chi connectivity index (χ4n) is 2.13. The van der Waals surface area contributed by atoms with Crippen LogP contribution in [0.3, 0.4) is 0 Å². The van der Waals surface area contributed by atoms with Crippen molar-refractivity contribution in [2.24, 2.45) is 5.92 Å². The van der Waals surface area contributed by atoms with Gasteiger partial charge < -0.3 is 5.11 Å². The number of benzene rings is 1. The van der Waals surface area contributed by atoms with Gasteiger partial charge in [-0.1, -0.05) is 12.1 Å². The Labute approximate surface area is 84.8 Å². The Bertz CT molecular complexity index is 344. The van der Waals surface area contributed by atoms with E-state index >= 15 is 0 Å². The number of rotatable bonds is 2. The molecule has 2 atom stereocenters. The maximum absolute atomic E-state index is 9.17. The molecule has 1 N–H and O–H groups in total. The minimum absolute atomic E-state index is 0.335. The van der Waals surface area contributed by atoms with E-state index in [1.54, 1.807) is 12.1 Å². The molecule has 1 aromatic carbocycles. The van der Waals surface area contributed by atoms with E-state index in [4.69, 9.17) is 11.5 Å². The molecule has 1 aromatic rings. The molecule has 72 valence electrons. The summed E-state index contributed by atoms with van der Waals surface area (Å²) < 4.78 is 0. The van der Waals surface area contributed by atoms with Crippen LogP contribution in [0.15, 0.2) is 24.3 Å². The first-order chi connectivity index (χ1) is 6.81. The van der Waals surface area contributed by atoms with E-state index in [0.29, 0.717) is 17.6 Å².